The fraction of sp³-hybridized carbons (Fsp3) is 0.235. The second-order valence-electron chi connectivity index (χ2n) is 5.49. The average Bonchev–Trinajstić information content (AvgIpc) is 2.89. The van der Waals surface area contributed by atoms with Crippen molar-refractivity contribution in [1.82, 2.24) is 10.3 Å². The zero-order chi connectivity index (χ0) is 16.2. The summed E-state index contributed by atoms with van der Waals surface area (Å²) in [5.41, 5.74) is 1.65. The van der Waals surface area contributed by atoms with Gasteiger partial charge in [-0.15, -0.1) is 0 Å². The van der Waals surface area contributed by atoms with Crippen molar-refractivity contribution in [2.75, 3.05) is 11.4 Å². The molecule has 1 saturated heterocycles. The van der Waals surface area contributed by atoms with Crippen molar-refractivity contribution in [2.45, 2.75) is 18.9 Å². The molecule has 0 saturated carbocycles. The van der Waals surface area contributed by atoms with Crippen LogP contribution in [-0.2, 0) is 16.0 Å². The van der Waals surface area contributed by atoms with Crippen LogP contribution in [0.2, 0.25) is 5.02 Å². The fourth-order valence-electron chi connectivity index (χ4n) is 2.64. The second kappa shape index (κ2) is 6.79. The zero-order valence-corrected chi connectivity index (χ0v) is 13.2. The van der Waals surface area contributed by atoms with Gasteiger partial charge in [0.15, 0.2) is 0 Å². The Bertz CT molecular complexity index is 704. The van der Waals surface area contributed by atoms with Gasteiger partial charge in [-0.1, -0.05) is 17.7 Å². The van der Waals surface area contributed by atoms with E-state index in [1.165, 1.54) is 0 Å². The average molecular weight is 330 g/mol. The number of nitrogens with one attached hydrogen (secondary N) is 1. The molecule has 23 heavy (non-hydrogen) atoms. The van der Waals surface area contributed by atoms with Crippen LogP contribution in [0.5, 0.6) is 0 Å². The van der Waals surface area contributed by atoms with Crippen LogP contribution >= 0.6 is 11.6 Å². The lowest BCUT2D eigenvalue weighted by atomic mass is 10.2. The molecule has 6 heteroatoms. The van der Waals surface area contributed by atoms with Crippen LogP contribution in [0.3, 0.4) is 0 Å². The summed E-state index contributed by atoms with van der Waals surface area (Å²) in [6, 6.07) is 10.6. The van der Waals surface area contributed by atoms with Gasteiger partial charge in [0.1, 0.15) is 0 Å². The summed E-state index contributed by atoms with van der Waals surface area (Å²) >= 11 is 5.86. The summed E-state index contributed by atoms with van der Waals surface area (Å²) in [5, 5.41) is 3.54. The van der Waals surface area contributed by atoms with E-state index in [0.717, 1.165) is 11.3 Å². The number of nitrogens with zero attached hydrogens (tertiary/aromatic N) is 2. The Labute approximate surface area is 139 Å². The number of anilines is 1. The van der Waals surface area contributed by atoms with Crippen molar-refractivity contribution in [3.8, 4) is 0 Å². The van der Waals surface area contributed by atoms with Crippen LogP contribution in [-0.4, -0.2) is 29.4 Å². The second-order valence-corrected chi connectivity index (χ2v) is 5.92. The van der Waals surface area contributed by atoms with Gasteiger partial charge in [-0.25, -0.2) is 0 Å². The lowest BCUT2D eigenvalue weighted by Crippen LogP contribution is -2.38. The van der Waals surface area contributed by atoms with E-state index in [0.29, 0.717) is 18.0 Å². The van der Waals surface area contributed by atoms with E-state index in [1.54, 1.807) is 47.6 Å². The van der Waals surface area contributed by atoms with Crippen molar-refractivity contribution >= 4 is 29.1 Å². The highest BCUT2D eigenvalue weighted by Crippen LogP contribution is 2.23. The summed E-state index contributed by atoms with van der Waals surface area (Å²) in [7, 11) is 0. The number of hydrogen-bond donors (Lipinski definition) is 1. The van der Waals surface area contributed by atoms with Crippen molar-refractivity contribution in [3.63, 3.8) is 0 Å². The topological polar surface area (TPSA) is 62.3 Å². The van der Waals surface area contributed by atoms with E-state index in [9.17, 15) is 9.59 Å². The molecule has 1 aromatic heterocycles. The molecule has 1 N–H and O–H groups in total. The van der Waals surface area contributed by atoms with E-state index < -0.39 is 0 Å². The molecule has 118 valence electrons. The SMILES string of the molecule is O=C(Cc1cccnc1)NC1CC(=O)N(c2ccc(Cl)cc2)C1. The molecule has 0 radical (unpaired) electrons. The molecular weight excluding hydrogens is 314 g/mol. The maximum absolute atomic E-state index is 12.1. The molecule has 0 bridgehead atoms. The van der Waals surface area contributed by atoms with Gasteiger partial charge in [-0.3, -0.25) is 14.6 Å². The standard InChI is InChI=1S/C17H16ClN3O2/c18-13-3-5-15(6-4-13)21-11-14(9-17(21)23)20-16(22)8-12-2-1-7-19-10-12/h1-7,10,14H,8-9,11H2,(H,20,22). The van der Waals surface area contributed by atoms with Gasteiger partial charge in [0, 0.05) is 36.1 Å². The molecule has 2 heterocycles. The molecule has 3 rings (SSSR count). The molecule has 5 nitrogen and oxygen atoms in total. The zero-order valence-electron chi connectivity index (χ0n) is 12.4. The Morgan fingerprint density at radius 3 is 2.78 bits per heavy atom. The minimum absolute atomic E-state index is 0.000926. The largest absolute Gasteiger partial charge is 0.351 e. The Balaban J connectivity index is 1.59. The monoisotopic (exact) mass is 329 g/mol. The highest BCUT2D eigenvalue weighted by atomic mass is 35.5. The minimum Gasteiger partial charge on any atom is -0.351 e. The van der Waals surface area contributed by atoms with Crippen LogP contribution < -0.4 is 10.2 Å². The van der Waals surface area contributed by atoms with Crippen LogP contribution in [0.25, 0.3) is 0 Å². The quantitative estimate of drug-likeness (QED) is 0.935. The van der Waals surface area contributed by atoms with E-state index in [2.05, 4.69) is 10.3 Å². The van der Waals surface area contributed by atoms with Gasteiger partial charge in [0.2, 0.25) is 11.8 Å². The predicted octanol–water partition coefficient (Wildman–Crippen LogP) is 2.20. The third kappa shape index (κ3) is 3.87. The van der Waals surface area contributed by atoms with Gasteiger partial charge in [0.05, 0.1) is 12.5 Å². The maximum atomic E-state index is 12.1. The van der Waals surface area contributed by atoms with Crippen molar-refractivity contribution in [3.05, 3.63) is 59.4 Å². The lowest BCUT2D eigenvalue weighted by Gasteiger charge is -2.17. The third-order valence-electron chi connectivity index (χ3n) is 3.72. The van der Waals surface area contributed by atoms with Crippen molar-refractivity contribution in [2.24, 2.45) is 0 Å². The number of carbonyl (C=O) groups excluding carboxylic acids is 2. The van der Waals surface area contributed by atoms with Crippen molar-refractivity contribution in [1.29, 1.82) is 0 Å². The maximum Gasteiger partial charge on any atom is 0.229 e. The Hall–Kier alpha value is -2.40. The first-order valence-corrected chi connectivity index (χ1v) is 7.74. The molecule has 1 atom stereocenters. The first-order valence-electron chi connectivity index (χ1n) is 7.36. The predicted molar refractivity (Wildman–Crippen MR) is 88.3 cm³/mol. The third-order valence-corrected chi connectivity index (χ3v) is 3.97. The smallest absolute Gasteiger partial charge is 0.229 e. The minimum atomic E-state index is -0.178. The summed E-state index contributed by atoms with van der Waals surface area (Å²) in [4.78, 5) is 29.9. The highest BCUT2D eigenvalue weighted by molar-refractivity contribution is 6.30. The molecule has 1 fully saturated rings. The normalized spacial score (nSPS) is 17.3. The molecule has 1 aliphatic rings. The number of aromatic nitrogens is 1. The van der Waals surface area contributed by atoms with Gasteiger partial charge in [0.25, 0.3) is 0 Å². The molecule has 1 aromatic carbocycles. The van der Waals surface area contributed by atoms with Gasteiger partial charge < -0.3 is 10.2 Å². The molecule has 2 amide bonds. The number of rotatable bonds is 4. The summed E-state index contributed by atoms with van der Waals surface area (Å²) < 4.78 is 0. The highest BCUT2D eigenvalue weighted by Gasteiger charge is 2.31. The fourth-order valence-corrected chi connectivity index (χ4v) is 2.77. The Morgan fingerprint density at radius 1 is 1.30 bits per heavy atom. The number of amides is 2. The molecule has 0 aliphatic carbocycles. The Morgan fingerprint density at radius 2 is 2.09 bits per heavy atom. The van der Waals surface area contributed by atoms with Crippen LogP contribution in [0.1, 0.15) is 12.0 Å². The summed E-state index contributed by atoms with van der Waals surface area (Å²) in [6.07, 6.45) is 3.90. The van der Waals surface area contributed by atoms with Gasteiger partial charge >= 0.3 is 0 Å². The molecular formula is C17H16ClN3O2. The molecule has 1 aliphatic heterocycles. The first kappa shape index (κ1) is 15.5. The number of carbonyl (C=O) groups is 2. The molecule has 2 aromatic rings. The van der Waals surface area contributed by atoms with E-state index in [4.69, 9.17) is 11.6 Å². The van der Waals surface area contributed by atoms with E-state index >= 15 is 0 Å². The first-order chi connectivity index (χ1) is 11.1. The summed E-state index contributed by atoms with van der Waals surface area (Å²) in [6.45, 7) is 0.471. The van der Waals surface area contributed by atoms with E-state index in [-0.39, 0.29) is 24.3 Å². The number of hydrogen-bond acceptors (Lipinski definition) is 3. The summed E-state index contributed by atoms with van der Waals surface area (Å²) in [5.74, 6) is -0.104. The van der Waals surface area contributed by atoms with Crippen LogP contribution in [0.4, 0.5) is 5.69 Å². The van der Waals surface area contributed by atoms with E-state index in [1.807, 2.05) is 6.07 Å². The van der Waals surface area contributed by atoms with Crippen LogP contribution in [0, 0.1) is 0 Å². The molecule has 1 unspecified atom stereocenters. The van der Waals surface area contributed by atoms with Crippen LogP contribution in [0.15, 0.2) is 48.8 Å². The van der Waals surface area contributed by atoms with Gasteiger partial charge in [-0.2, -0.15) is 0 Å². The lowest BCUT2D eigenvalue weighted by molar-refractivity contribution is -0.121. The van der Waals surface area contributed by atoms with Crippen molar-refractivity contribution < 1.29 is 9.59 Å². The van der Waals surface area contributed by atoms with Gasteiger partial charge in [-0.05, 0) is 35.9 Å². The number of halogens is 1. The Kier molecular flexibility index (Phi) is 4.57. The number of pyridine rings is 1. The number of benzene rings is 1. The molecule has 0 spiro atoms.